The maximum absolute atomic E-state index is 6.59. The molecule has 0 aliphatic rings. The van der Waals surface area contributed by atoms with Crippen LogP contribution in [0.1, 0.15) is 0 Å². The maximum Gasteiger partial charge on any atom is 0.164 e. The molecule has 0 aliphatic carbocycles. The molecule has 3 heterocycles. The standard InChI is InChI=1S/C43H26N4O/c1-3-13-27(14-4-1)41-44-42(28-15-5-2-6-16-28)46-43(45-41)31-25-37(40-33-20-10-12-22-38(33)48-39(40)26-31)47-35-21-11-9-19-32(35)34-23-29-17-7-8-18-30(29)24-36(34)47/h1-26H. The van der Waals surface area contributed by atoms with Gasteiger partial charge in [-0.1, -0.05) is 121 Å². The van der Waals surface area contributed by atoms with E-state index in [1.807, 2.05) is 72.8 Å². The van der Waals surface area contributed by atoms with Gasteiger partial charge in [-0.3, -0.25) is 0 Å². The molecule has 0 amide bonds. The summed E-state index contributed by atoms with van der Waals surface area (Å²) in [7, 11) is 0. The van der Waals surface area contributed by atoms with Crippen molar-refractivity contribution in [1.82, 2.24) is 19.5 Å². The molecule has 0 N–H and O–H groups in total. The molecule has 48 heavy (non-hydrogen) atoms. The highest BCUT2D eigenvalue weighted by Crippen LogP contribution is 2.41. The van der Waals surface area contributed by atoms with Gasteiger partial charge in [0, 0.05) is 32.8 Å². The van der Waals surface area contributed by atoms with Crippen molar-refractivity contribution < 1.29 is 4.42 Å². The Kier molecular flexibility index (Phi) is 5.81. The largest absolute Gasteiger partial charge is 0.456 e. The summed E-state index contributed by atoms with van der Waals surface area (Å²) in [6.07, 6.45) is 0. The van der Waals surface area contributed by atoms with Crippen LogP contribution >= 0.6 is 0 Å². The molecule has 5 heteroatoms. The molecular weight excluding hydrogens is 589 g/mol. The number of nitrogens with zero attached hydrogens (tertiary/aromatic N) is 4. The number of aromatic nitrogens is 4. The van der Waals surface area contributed by atoms with Gasteiger partial charge < -0.3 is 8.98 Å². The summed E-state index contributed by atoms with van der Waals surface area (Å²) in [5, 5.41) is 6.91. The SMILES string of the molecule is c1ccc(-c2nc(-c3ccccc3)nc(-c3cc(-n4c5ccccc5c5cc6ccccc6cc54)c4c(c3)oc3ccccc34)n2)cc1. The van der Waals surface area contributed by atoms with Crippen molar-refractivity contribution in [2.24, 2.45) is 0 Å². The highest BCUT2D eigenvalue weighted by molar-refractivity contribution is 6.17. The van der Waals surface area contributed by atoms with Gasteiger partial charge in [-0.15, -0.1) is 0 Å². The second-order valence-electron chi connectivity index (χ2n) is 12.1. The molecule has 0 radical (unpaired) electrons. The van der Waals surface area contributed by atoms with Crippen molar-refractivity contribution in [3.05, 3.63) is 158 Å². The number of para-hydroxylation sites is 2. The first kappa shape index (κ1) is 26.6. The summed E-state index contributed by atoms with van der Waals surface area (Å²) in [5.41, 5.74) is 7.58. The molecule has 0 unspecified atom stereocenters. The zero-order chi connectivity index (χ0) is 31.6. The summed E-state index contributed by atoms with van der Waals surface area (Å²) in [6, 6.07) is 54.5. The minimum Gasteiger partial charge on any atom is -0.456 e. The van der Waals surface area contributed by atoms with Crippen molar-refractivity contribution >= 4 is 54.5 Å². The van der Waals surface area contributed by atoms with Crippen molar-refractivity contribution in [3.8, 4) is 39.9 Å². The van der Waals surface area contributed by atoms with Gasteiger partial charge in [-0.25, -0.2) is 15.0 Å². The first-order chi connectivity index (χ1) is 23.8. The molecule has 7 aromatic carbocycles. The molecule has 0 fully saturated rings. The highest BCUT2D eigenvalue weighted by atomic mass is 16.3. The third-order valence-corrected chi connectivity index (χ3v) is 9.20. The van der Waals surface area contributed by atoms with Crippen molar-refractivity contribution in [1.29, 1.82) is 0 Å². The van der Waals surface area contributed by atoms with E-state index in [4.69, 9.17) is 19.4 Å². The lowest BCUT2D eigenvalue weighted by atomic mass is 10.1. The van der Waals surface area contributed by atoms with Gasteiger partial charge in [0.15, 0.2) is 17.5 Å². The van der Waals surface area contributed by atoms with Gasteiger partial charge >= 0.3 is 0 Å². The van der Waals surface area contributed by atoms with Gasteiger partial charge in [-0.2, -0.15) is 0 Å². The molecule has 0 saturated heterocycles. The maximum atomic E-state index is 6.59. The minimum absolute atomic E-state index is 0.581. The molecule has 10 rings (SSSR count). The zero-order valence-corrected chi connectivity index (χ0v) is 25.7. The Morgan fingerprint density at radius 2 is 0.958 bits per heavy atom. The van der Waals surface area contributed by atoms with E-state index in [0.29, 0.717) is 17.5 Å². The summed E-state index contributed by atoms with van der Waals surface area (Å²) >= 11 is 0. The second kappa shape index (κ2) is 10.5. The Labute approximate surface area is 275 Å². The van der Waals surface area contributed by atoms with Crippen LogP contribution in [0.4, 0.5) is 0 Å². The molecule has 0 atom stereocenters. The van der Waals surface area contributed by atoms with E-state index in [-0.39, 0.29) is 0 Å². The average molecular weight is 615 g/mol. The van der Waals surface area contributed by atoms with Gasteiger partial charge in [0.2, 0.25) is 0 Å². The molecule has 3 aromatic heterocycles. The topological polar surface area (TPSA) is 56.7 Å². The predicted octanol–water partition coefficient (Wildman–Crippen LogP) is 11.0. The highest BCUT2D eigenvalue weighted by Gasteiger charge is 2.21. The van der Waals surface area contributed by atoms with Gasteiger partial charge in [-0.05, 0) is 47.2 Å². The van der Waals surface area contributed by atoms with Crippen molar-refractivity contribution in [2.45, 2.75) is 0 Å². The normalized spacial score (nSPS) is 11.8. The predicted molar refractivity (Wildman–Crippen MR) is 195 cm³/mol. The van der Waals surface area contributed by atoms with E-state index in [0.717, 1.165) is 55.3 Å². The van der Waals surface area contributed by atoms with Gasteiger partial charge in [0.1, 0.15) is 11.2 Å². The summed E-state index contributed by atoms with van der Waals surface area (Å²) in [4.78, 5) is 15.1. The van der Waals surface area contributed by atoms with Crippen LogP contribution in [0.5, 0.6) is 0 Å². The zero-order valence-electron chi connectivity index (χ0n) is 25.7. The number of hydrogen-bond acceptors (Lipinski definition) is 4. The fourth-order valence-electron chi connectivity index (χ4n) is 6.99. The fraction of sp³-hybridized carbons (Fsp3) is 0. The molecule has 5 nitrogen and oxygen atoms in total. The first-order valence-electron chi connectivity index (χ1n) is 16.0. The Hall–Kier alpha value is -6.59. The summed E-state index contributed by atoms with van der Waals surface area (Å²) < 4.78 is 8.97. The molecule has 224 valence electrons. The number of benzene rings is 7. The van der Waals surface area contributed by atoms with Crippen LogP contribution in [0.25, 0.3) is 94.4 Å². The van der Waals surface area contributed by atoms with Crippen LogP contribution in [0, 0.1) is 0 Å². The van der Waals surface area contributed by atoms with Crippen LogP contribution in [-0.2, 0) is 0 Å². The lowest BCUT2D eigenvalue weighted by molar-refractivity contribution is 0.669. The summed E-state index contributed by atoms with van der Waals surface area (Å²) in [6.45, 7) is 0. The smallest absolute Gasteiger partial charge is 0.164 e. The van der Waals surface area contributed by atoms with E-state index in [1.165, 1.54) is 21.5 Å². The Morgan fingerprint density at radius 3 is 1.67 bits per heavy atom. The van der Waals surface area contributed by atoms with Crippen LogP contribution < -0.4 is 0 Å². The van der Waals surface area contributed by atoms with Crippen LogP contribution in [0.15, 0.2) is 162 Å². The summed E-state index contributed by atoms with van der Waals surface area (Å²) in [5.74, 6) is 1.82. The monoisotopic (exact) mass is 614 g/mol. The minimum atomic E-state index is 0.581. The molecule has 0 bridgehead atoms. The van der Waals surface area contributed by atoms with E-state index in [1.54, 1.807) is 0 Å². The van der Waals surface area contributed by atoms with Crippen LogP contribution in [0.3, 0.4) is 0 Å². The molecule has 0 saturated carbocycles. The van der Waals surface area contributed by atoms with Crippen LogP contribution in [-0.4, -0.2) is 19.5 Å². The Morgan fingerprint density at radius 1 is 0.396 bits per heavy atom. The second-order valence-corrected chi connectivity index (χ2v) is 12.1. The molecular formula is C43H26N4O. The van der Waals surface area contributed by atoms with E-state index < -0.39 is 0 Å². The van der Waals surface area contributed by atoms with Gasteiger partial charge in [0.25, 0.3) is 0 Å². The van der Waals surface area contributed by atoms with E-state index in [9.17, 15) is 0 Å². The number of fused-ring (bicyclic) bond motifs is 7. The molecule has 0 aliphatic heterocycles. The number of furan rings is 1. The van der Waals surface area contributed by atoms with Crippen molar-refractivity contribution in [3.63, 3.8) is 0 Å². The third kappa shape index (κ3) is 4.15. The Bertz CT molecular complexity index is 2780. The van der Waals surface area contributed by atoms with Crippen LogP contribution in [0.2, 0.25) is 0 Å². The van der Waals surface area contributed by atoms with Crippen molar-refractivity contribution in [2.75, 3.05) is 0 Å². The average Bonchev–Trinajstić information content (AvgIpc) is 3.69. The lowest BCUT2D eigenvalue weighted by Crippen LogP contribution is -2.01. The number of rotatable bonds is 4. The number of hydrogen-bond donors (Lipinski definition) is 0. The van der Waals surface area contributed by atoms with E-state index in [2.05, 4.69) is 89.5 Å². The third-order valence-electron chi connectivity index (χ3n) is 9.20. The van der Waals surface area contributed by atoms with Gasteiger partial charge in [0.05, 0.1) is 22.1 Å². The van der Waals surface area contributed by atoms with E-state index >= 15 is 0 Å². The molecule has 10 aromatic rings. The lowest BCUT2D eigenvalue weighted by Gasteiger charge is -2.13. The first-order valence-corrected chi connectivity index (χ1v) is 16.0. The fourth-order valence-corrected chi connectivity index (χ4v) is 6.99. The molecule has 0 spiro atoms. The quantitative estimate of drug-likeness (QED) is 0.198. The Balaban J connectivity index is 1.32.